The standard InChI is InChI=1S/C10H19F4N3O/c1-9(2,8(15)17-18)4-3-5-16-6-10(13,14)7(11)12/h7,16,18H,3-6H2,1-2H3,(H2,15,17). The minimum atomic E-state index is -4.01. The molecule has 108 valence electrons. The van der Waals surface area contributed by atoms with Crippen LogP contribution in [0.5, 0.6) is 0 Å². The Labute approximate surface area is 103 Å². The molecule has 0 rings (SSSR count). The highest BCUT2D eigenvalue weighted by molar-refractivity contribution is 5.85. The molecule has 0 aliphatic rings. The number of nitrogens with two attached hydrogens (primary N) is 1. The number of halogens is 4. The molecule has 4 N–H and O–H groups in total. The van der Waals surface area contributed by atoms with Gasteiger partial charge in [-0.05, 0) is 19.4 Å². The topological polar surface area (TPSA) is 70.6 Å². The third-order valence-corrected chi connectivity index (χ3v) is 2.64. The molecule has 0 spiro atoms. The number of hydrogen-bond donors (Lipinski definition) is 3. The second kappa shape index (κ2) is 6.77. The fourth-order valence-corrected chi connectivity index (χ4v) is 1.25. The van der Waals surface area contributed by atoms with Crippen molar-refractivity contribution in [3.63, 3.8) is 0 Å². The average Bonchev–Trinajstić information content (AvgIpc) is 2.26. The zero-order valence-corrected chi connectivity index (χ0v) is 10.4. The van der Waals surface area contributed by atoms with Gasteiger partial charge >= 0.3 is 12.3 Å². The SMILES string of the molecule is CC(C)(CCCNCC(F)(F)C(F)F)C(N)=NO. The van der Waals surface area contributed by atoms with Crippen LogP contribution in [0.1, 0.15) is 26.7 Å². The van der Waals surface area contributed by atoms with E-state index in [1.54, 1.807) is 13.8 Å². The Morgan fingerprint density at radius 1 is 1.39 bits per heavy atom. The summed E-state index contributed by atoms with van der Waals surface area (Å²) in [5.41, 5.74) is 4.87. The average molecular weight is 273 g/mol. The summed E-state index contributed by atoms with van der Waals surface area (Å²) in [6.45, 7) is 2.56. The molecule has 0 amide bonds. The van der Waals surface area contributed by atoms with Crippen LogP contribution in [0.3, 0.4) is 0 Å². The molecule has 0 aromatic carbocycles. The Morgan fingerprint density at radius 3 is 2.39 bits per heavy atom. The maximum Gasteiger partial charge on any atom is 0.319 e. The molecule has 0 aliphatic carbocycles. The van der Waals surface area contributed by atoms with Gasteiger partial charge in [0.05, 0.1) is 6.54 Å². The highest BCUT2D eigenvalue weighted by Crippen LogP contribution is 2.23. The van der Waals surface area contributed by atoms with E-state index in [4.69, 9.17) is 10.9 Å². The molecule has 0 aromatic heterocycles. The van der Waals surface area contributed by atoms with E-state index in [1.807, 2.05) is 0 Å². The van der Waals surface area contributed by atoms with Crippen LogP contribution in [0, 0.1) is 5.41 Å². The summed E-state index contributed by atoms with van der Waals surface area (Å²) in [6.07, 6.45) is -2.74. The van der Waals surface area contributed by atoms with Crippen molar-refractivity contribution in [2.75, 3.05) is 13.1 Å². The minimum Gasteiger partial charge on any atom is -0.409 e. The van der Waals surface area contributed by atoms with Gasteiger partial charge in [0.25, 0.3) is 0 Å². The third-order valence-electron chi connectivity index (χ3n) is 2.64. The van der Waals surface area contributed by atoms with Crippen molar-refractivity contribution >= 4 is 5.84 Å². The van der Waals surface area contributed by atoms with Gasteiger partial charge in [-0.3, -0.25) is 0 Å². The number of nitrogens with zero attached hydrogens (tertiary/aromatic N) is 1. The molecule has 0 heterocycles. The van der Waals surface area contributed by atoms with Gasteiger partial charge in [0.15, 0.2) is 0 Å². The fourth-order valence-electron chi connectivity index (χ4n) is 1.25. The molecular weight excluding hydrogens is 254 g/mol. The van der Waals surface area contributed by atoms with Gasteiger partial charge in [0.2, 0.25) is 0 Å². The number of rotatable bonds is 8. The first-order valence-corrected chi connectivity index (χ1v) is 5.48. The van der Waals surface area contributed by atoms with Gasteiger partial charge in [0.1, 0.15) is 5.84 Å². The van der Waals surface area contributed by atoms with E-state index in [0.29, 0.717) is 12.8 Å². The molecule has 4 nitrogen and oxygen atoms in total. The Hall–Kier alpha value is -1.05. The van der Waals surface area contributed by atoms with Gasteiger partial charge in [-0.2, -0.15) is 8.78 Å². The van der Waals surface area contributed by atoms with Crippen molar-refractivity contribution in [3.05, 3.63) is 0 Å². The van der Waals surface area contributed by atoms with Crippen LogP contribution in [0.15, 0.2) is 5.16 Å². The number of oxime groups is 1. The molecule has 0 aromatic rings. The van der Waals surface area contributed by atoms with Crippen molar-refractivity contribution in [2.45, 2.75) is 39.0 Å². The van der Waals surface area contributed by atoms with Crippen LogP contribution in [-0.2, 0) is 0 Å². The Balaban J connectivity index is 3.89. The monoisotopic (exact) mass is 273 g/mol. The van der Waals surface area contributed by atoms with Gasteiger partial charge in [-0.1, -0.05) is 19.0 Å². The van der Waals surface area contributed by atoms with E-state index in [2.05, 4.69) is 10.5 Å². The van der Waals surface area contributed by atoms with Crippen LogP contribution >= 0.6 is 0 Å². The van der Waals surface area contributed by atoms with Gasteiger partial charge in [-0.15, -0.1) is 0 Å². The lowest BCUT2D eigenvalue weighted by molar-refractivity contribution is -0.125. The summed E-state index contributed by atoms with van der Waals surface area (Å²) < 4.78 is 48.6. The summed E-state index contributed by atoms with van der Waals surface area (Å²) in [4.78, 5) is 0. The zero-order chi connectivity index (χ0) is 14.4. The number of amidine groups is 1. The maximum atomic E-state index is 12.5. The van der Waals surface area contributed by atoms with Crippen molar-refractivity contribution in [2.24, 2.45) is 16.3 Å². The van der Waals surface area contributed by atoms with E-state index in [0.717, 1.165) is 0 Å². The smallest absolute Gasteiger partial charge is 0.319 e. The van der Waals surface area contributed by atoms with Crippen LogP contribution in [-0.4, -0.2) is 36.5 Å². The van der Waals surface area contributed by atoms with E-state index < -0.39 is 24.3 Å². The highest BCUT2D eigenvalue weighted by Gasteiger charge is 2.39. The lowest BCUT2D eigenvalue weighted by atomic mass is 9.86. The molecule has 0 saturated carbocycles. The third kappa shape index (κ3) is 5.52. The van der Waals surface area contributed by atoms with Crippen LogP contribution < -0.4 is 11.1 Å². The van der Waals surface area contributed by atoms with Gasteiger partial charge < -0.3 is 16.3 Å². The van der Waals surface area contributed by atoms with Crippen molar-refractivity contribution in [1.29, 1.82) is 0 Å². The zero-order valence-electron chi connectivity index (χ0n) is 10.4. The first kappa shape index (κ1) is 16.9. The molecule has 0 unspecified atom stereocenters. The molecule has 0 aliphatic heterocycles. The van der Waals surface area contributed by atoms with E-state index >= 15 is 0 Å². The van der Waals surface area contributed by atoms with E-state index in [1.165, 1.54) is 0 Å². The Morgan fingerprint density at radius 2 is 1.94 bits per heavy atom. The normalized spacial score (nSPS) is 14.3. The molecule has 8 heteroatoms. The molecule has 0 fully saturated rings. The second-order valence-electron chi connectivity index (χ2n) is 4.71. The van der Waals surface area contributed by atoms with Crippen molar-refractivity contribution in [3.8, 4) is 0 Å². The molecule has 0 bridgehead atoms. The van der Waals surface area contributed by atoms with Crippen LogP contribution in [0.25, 0.3) is 0 Å². The predicted molar refractivity (Wildman–Crippen MR) is 60.2 cm³/mol. The van der Waals surface area contributed by atoms with Crippen molar-refractivity contribution < 1.29 is 22.8 Å². The summed E-state index contributed by atoms with van der Waals surface area (Å²) in [6, 6.07) is 0. The van der Waals surface area contributed by atoms with Crippen LogP contribution in [0.4, 0.5) is 17.6 Å². The van der Waals surface area contributed by atoms with Crippen molar-refractivity contribution in [1.82, 2.24) is 5.32 Å². The summed E-state index contributed by atoms with van der Waals surface area (Å²) in [7, 11) is 0. The second-order valence-corrected chi connectivity index (χ2v) is 4.71. The number of hydrogen-bond acceptors (Lipinski definition) is 3. The largest absolute Gasteiger partial charge is 0.409 e. The molecule has 0 radical (unpaired) electrons. The first-order valence-electron chi connectivity index (χ1n) is 5.48. The summed E-state index contributed by atoms with van der Waals surface area (Å²) >= 11 is 0. The number of nitrogens with one attached hydrogen (secondary N) is 1. The predicted octanol–water partition coefficient (Wildman–Crippen LogP) is 2.03. The molecular formula is C10H19F4N3O. The maximum absolute atomic E-state index is 12.5. The lowest BCUT2D eigenvalue weighted by Gasteiger charge is -2.23. The summed E-state index contributed by atoms with van der Waals surface area (Å²) in [5, 5.41) is 13.6. The number of alkyl halides is 4. The molecule has 18 heavy (non-hydrogen) atoms. The lowest BCUT2D eigenvalue weighted by Crippen LogP contribution is -2.39. The van der Waals surface area contributed by atoms with Gasteiger partial charge in [0, 0.05) is 5.41 Å². The quantitative estimate of drug-likeness (QED) is 0.158. The Kier molecular flexibility index (Phi) is 6.37. The molecule has 0 atom stereocenters. The summed E-state index contributed by atoms with van der Waals surface area (Å²) in [5.74, 6) is -3.97. The first-order chi connectivity index (χ1) is 8.13. The highest BCUT2D eigenvalue weighted by atomic mass is 19.3. The van der Waals surface area contributed by atoms with E-state index in [-0.39, 0.29) is 12.4 Å². The fraction of sp³-hybridized carbons (Fsp3) is 0.900. The molecule has 0 saturated heterocycles. The van der Waals surface area contributed by atoms with E-state index in [9.17, 15) is 17.6 Å². The Bertz CT molecular complexity index is 282. The van der Waals surface area contributed by atoms with Gasteiger partial charge in [-0.25, -0.2) is 8.78 Å². The minimum absolute atomic E-state index is 0.0420. The van der Waals surface area contributed by atoms with Crippen LogP contribution in [0.2, 0.25) is 0 Å².